The Bertz CT molecular complexity index is 1380. The maximum absolute atomic E-state index is 13.2. The lowest BCUT2D eigenvalue weighted by Gasteiger charge is -2.26. The number of carbonyl (C=O) groups excluding carboxylic acids is 3. The number of anilines is 2. The molecule has 0 bridgehead atoms. The van der Waals surface area contributed by atoms with Gasteiger partial charge in [-0.1, -0.05) is 41.9 Å². The van der Waals surface area contributed by atoms with Crippen LogP contribution in [-0.2, 0) is 22.6 Å². The molecular weight excluding hydrogens is 466 g/mol. The summed E-state index contributed by atoms with van der Waals surface area (Å²) in [5.74, 6) is -0.918. The molecule has 0 saturated carbocycles. The van der Waals surface area contributed by atoms with E-state index in [9.17, 15) is 14.4 Å². The number of imide groups is 2. The molecule has 2 aliphatic heterocycles. The maximum atomic E-state index is 13.2. The van der Waals surface area contributed by atoms with Crippen molar-refractivity contribution in [3.8, 4) is 5.75 Å². The van der Waals surface area contributed by atoms with Gasteiger partial charge in [0.2, 0.25) is 0 Å². The first-order chi connectivity index (χ1) is 16.9. The van der Waals surface area contributed by atoms with E-state index in [-0.39, 0.29) is 5.57 Å². The number of rotatable bonds is 5. The van der Waals surface area contributed by atoms with Gasteiger partial charge in [0.25, 0.3) is 11.8 Å². The zero-order chi connectivity index (χ0) is 24.5. The van der Waals surface area contributed by atoms with Crippen LogP contribution < -0.4 is 19.9 Å². The highest BCUT2D eigenvalue weighted by Crippen LogP contribution is 2.32. The summed E-state index contributed by atoms with van der Waals surface area (Å²) in [4.78, 5) is 41.4. The van der Waals surface area contributed by atoms with Crippen LogP contribution in [-0.4, -0.2) is 31.5 Å². The minimum atomic E-state index is -0.797. The van der Waals surface area contributed by atoms with E-state index in [0.29, 0.717) is 23.5 Å². The predicted molar refractivity (Wildman–Crippen MR) is 135 cm³/mol. The summed E-state index contributed by atoms with van der Waals surface area (Å²) in [6, 6.07) is 19.4. The quantitative estimate of drug-likeness (QED) is 0.421. The molecule has 3 aromatic rings. The van der Waals surface area contributed by atoms with Crippen molar-refractivity contribution in [1.82, 2.24) is 5.32 Å². The molecular formula is C27H22ClN3O4. The number of barbiturate groups is 1. The van der Waals surface area contributed by atoms with Crippen LogP contribution in [0.1, 0.15) is 16.7 Å². The van der Waals surface area contributed by atoms with Gasteiger partial charge in [0.05, 0.1) is 12.8 Å². The molecule has 0 aliphatic carbocycles. The number of methoxy groups -OCH3 is 1. The first-order valence-corrected chi connectivity index (χ1v) is 11.5. The molecule has 0 radical (unpaired) electrons. The van der Waals surface area contributed by atoms with Crippen molar-refractivity contribution < 1.29 is 19.1 Å². The summed E-state index contributed by atoms with van der Waals surface area (Å²) in [6.45, 7) is 1.55. The standard InChI is InChI=1S/C27H22ClN3O4/c1-35-21-7-4-6-20(15-21)31-26(33)22(25(32)29-27(31)34)14-17-9-10-24-18(13-17)11-12-30(24)16-19-5-2-3-8-23(19)28/h2-10,13-15H,11-12,16H2,1H3,(H,29,32,34)/b22-14+. The average Bonchev–Trinajstić information content (AvgIpc) is 3.25. The highest BCUT2D eigenvalue weighted by Gasteiger charge is 2.37. The molecule has 8 heteroatoms. The van der Waals surface area contributed by atoms with Crippen LogP contribution in [0.3, 0.4) is 0 Å². The van der Waals surface area contributed by atoms with Gasteiger partial charge in [0.1, 0.15) is 11.3 Å². The summed E-state index contributed by atoms with van der Waals surface area (Å²) in [7, 11) is 1.50. The van der Waals surface area contributed by atoms with Crippen molar-refractivity contribution in [2.24, 2.45) is 0 Å². The average molecular weight is 488 g/mol. The summed E-state index contributed by atoms with van der Waals surface area (Å²) < 4.78 is 5.19. The Morgan fingerprint density at radius 1 is 1.03 bits per heavy atom. The maximum Gasteiger partial charge on any atom is 0.335 e. The molecule has 1 N–H and O–H groups in total. The fraction of sp³-hybridized carbons (Fsp3) is 0.148. The molecule has 0 unspecified atom stereocenters. The monoisotopic (exact) mass is 487 g/mol. The molecule has 2 heterocycles. The zero-order valence-electron chi connectivity index (χ0n) is 19.0. The van der Waals surface area contributed by atoms with Crippen LogP contribution in [0.15, 0.2) is 72.3 Å². The number of hydrogen-bond donors (Lipinski definition) is 1. The predicted octanol–water partition coefficient (Wildman–Crippen LogP) is 4.58. The van der Waals surface area contributed by atoms with E-state index < -0.39 is 17.8 Å². The van der Waals surface area contributed by atoms with E-state index in [1.165, 1.54) is 13.2 Å². The number of carbonyl (C=O) groups is 3. The number of fused-ring (bicyclic) bond motifs is 1. The van der Waals surface area contributed by atoms with E-state index in [2.05, 4.69) is 10.2 Å². The molecule has 2 aliphatic rings. The SMILES string of the molecule is COc1cccc(N2C(=O)NC(=O)/C(=C\c3ccc4c(c3)CCN4Cc3ccccc3Cl)C2=O)c1. The molecule has 0 atom stereocenters. The molecule has 0 aromatic heterocycles. The Hall–Kier alpha value is -4.10. The number of nitrogens with one attached hydrogen (secondary N) is 1. The first-order valence-electron chi connectivity index (χ1n) is 11.1. The van der Waals surface area contributed by atoms with Crippen molar-refractivity contribution >= 4 is 46.9 Å². The molecule has 4 amide bonds. The van der Waals surface area contributed by atoms with Crippen molar-refractivity contribution in [2.45, 2.75) is 13.0 Å². The van der Waals surface area contributed by atoms with E-state index in [1.807, 2.05) is 42.5 Å². The van der Waals surface area contributed by atoms with Crippen LogP contribution in [0.5, 0.6) is 5.75 Å². The largest absolute Gasteiger partial charge is 0.497 e. The zero-order valence-corrected chi connectivity index (χ0v) is 19.7. The lowest BCUT2D eigenvalue weighted by Crippen LogP contribution is -2.54. The number of benzene rings is 3. The molecule has 1 saturated heterocycles. The molecule has 5 rings (SSSR count). The molecule has 0 spiro atoms. The summed E-state index contributed by atoms with van der Waals surface area (Å²) in [5, 5.41) is 2.99. The Morgan fingerprint density at radius 2 is 1.86 bits per heavy atom. The lowest BCUT2D eigenvalue weighted by atomic mass is 10.0. The highest BCUT2D eigenvalue weighted by molar-refractivity contribution is 6.39. The third-order valence-corrected chi connectivity index (χ3v) is 6.51. The van der Waals surface area contributed by atoms with E-state index >= 15 is 0 Å². The normalized spacial score (nSPS) is 16.5. The molecule has 7 nitrogen and oxygen atoms in total. The Labute approximate surface area is 207 Å². The second kappa shape index (κ2) is 9.27. The van der Waals surface area contributed by atoms with E-state index in [1.54, 1.807) is 24.3 Å². The number of hydrogen-bond acceptors (Lipinski definition) is 5. The van der Waals surface area contributed by atoms with Crippen molar-refractivity contribution in [2.75, 3.05) is 23.5 Å². The van der Waals surface area contributed by atoms with Gasteiger partial charge in [-0.05, 0) is 59.5 Å². The van der Waals surface area contributed by atoms with Gasteiger partial charge in [0.15, 0.2) is 0 Å². The van der Waals surface area contributed by atoms with Crippen molar-refractivity contribution in [3.05, 3.63) is 94.0 Å². The molecule has 1 fully saturated rings. The first kappa shape index (κ1) is 22.7. The fourth-order valence-electron chi connectivity index (χ4n) is 4.38. The van der Waals surface area contributed by atoms with Gasteiger partial charge in [-0.2, -0.15) is 0 Å². The molecule has 176 valence electrons. The highest BCUT2D eigenvalue weighted by atomic mass is 35.5. The van der Waals surface area contributed by atoms with Gasteiger partial charge in [-0.3, -0.25) is 14.9 Å². The van der Waals surface area contributed by atoms with E-state index in [4.69, 9.17) is 16.3 Å². The second-order valence-electron chi connectivity index (χ2n) is 8.31. The molecule has 3 aromatic carbocycles. The number of nitrogens with zero attached hydrogens (tertiary/aromatic N) is 2. The Morgan fingerprint density at radius 3 is 2.66 bits per heavy atom. The Balaban J connectivity index is 1.42. The smallest absolute Gasteiger partial charge is 0.335 e. The van der Waals surface area contributed by atoms with Gasteiger partial charge >= 0.3 is 6.03 Å². The number of halogens is 1. The number of urea groups is 1. The number of ether oxygens (including phenoxy) is 1. The minimum Gasteiger partial charge on any atom is -0.497 e. The third kappa shape index (κ3) is 4.38. The summed E-state index contributed by atoms with van der Waals surface area (Å²) in [6.07, 6.45) is 2.36. The van der Waals surface area contributed by atoms with Crippen LogP contribution in [0.2, 0.25) is 5.02 Å². The van der Waals surface area contributed by atoms with Gasteiger partial charge < -0.3 is 9.64 Å². The summed E-state index contributed by atoms with van der Waals surface area (Å²) in [5.41, 5.74) is 4.19. The minimum absolute atomic E-state index is 0.113. The van der Waals surface area contributed by atoms with Crippen LogP contribution in [0, 0.1) is 0 Å². The lowest BCUT2D eigenvalue weighted by molar-refractivity contribution is -0.122. The Kier molecular flexibility index (Phi) is 6.01. The molecule has 35 heavy (non-hydrogen) atoms. The van der Waals surface area contributed by atoms with Crippen LogP contribution in [0.25, 0.3) is 6.08 Å². The van der Waals surface area contributed by atoms with Crippen molar-refractivity contribution in [3.63, 3.8) is 0 Å². The van der Waals surface area contributed by atoms with Gasteiger partial charge in [-0.15, -0.1) is 0 Å². The topological polar surface area (TPSA) is 79.0 Å². The van der Waals surface area contributed by atoms with Gasteiger partial charge in [0, 0.05) is 29.9 Å². The summed E-state index contributed by atoms with van der Waals surface area (Å²) >= 11 is 6.33. The fourth-order valence-corrected chi connectivity index (χ4v) is 4.58. The van der Waals surface area contributed by atoms with Crippen LogP contribution in [0.4, 0.5) is 16.2 Å². The van der Waals surface area contributed by atoms with Crippen LogP contribution >= 0.6 is 11.6 Å². The third-order valence-electron chi connectivity index (χ3n) is 6.14. The van der Waals surface area contributed by atoms with Gasteiger partial charge in [-0.25, -0.2) is 9.69 Å². The van der Waals surface area contributed by atoms with Crippen molar-refractivity contribution in [1.29, 1.82) is 0 Å². The second-order valence-corrected chi connectivity index (χ2v) is 8.72. The van der Waals surface area contributed by atoms with E-state index in [0.717, 1.165) is 39.7 Å². The number of amides is 4.